The van der Waals surface area contributed by atoms with Crippen LogP contribution in [0.3, 0.4) is 0 Å². The van der Waals surface area contributed by atoms with Crippen LogP contribution in [0, 0.1) is 5.92 Å². The second kappa shape index (κ2) is 12.8. The lowest BCUT2D eigenvalue weighted by atomic mass is 9.76. The average Bonchev–Trinajstić information content (AvgIpc) is 3.83. The normalized spacial score (nSPS) is 21.5. The molecule has 0 saturated carbocycles. The van der Waals surface area contributed by atoms with E-state index in [0.717, 1.165) is 16.7 Å². The molecule has 1 aliphatic carbocycles. The highest BCUT2D eigenvalue weighted by Crippen LogP contribution is 2.45. The maximum Gasteiger partial charge on any atom is 0.407 e. The molecule has 47 heavy (non-hydrogen) atoms. The zero-order valence-electron chi connectivity index (χ0n) is 26.1. The number of rotatable bonds is 9. The molecule has 236 valence electrons. The van der Waals surface area contributed by atoms with Gasteiger partial charge in [0.1, 0.15) is 12.7 Å². The second-order valence-electron chi connectivity index (χ2n) is 12.7. The summed E-state index contributed by atoms with van der Waals surface area (Å²) in [5.41, 5.74) is 7.64. The number of carbonyl (C=O) groups is 1. The molecule has 1 amide bonds. The van der Waals surface area contributed by atoms with E-state index in [4.69, 9.17) is 14.2 Å². The molecule has 5 aromatic carbocycles. The highest BCUT2D eigenvalue weighted by molar-refractivity contribution is 5.79. The van der Waals surface area contributed by atoms with Gasteiger partial charge < -0.3 is 19.5 Å². The highest BCUT2D eigenvalue weighted by Gasteiger charge is 2.50. The lowest BCUT2D eigenvalue weighted by molar-refractivity contribution is 0.0612. The number of hydrogen-bond acceptors (Lipinski definition) is 5. The maximum absolute atomic E-state index is 13.0. The summed E-state index contributed by atoms with van der Waals surface area (Å²) in [4.78, 5) is 13.0. The number of fused-ring (bicyclic) bond motifs is 4. The molecule has 6 heteroatoms. The van der Waals surface area contributed by atoms with Crippen LogP contribution in [0.4, 0.5) is 4.79 Å². The van der Waals surface area contributed by atoms with Crippen LogP contribution in [-0.4, -0.2) is 50.7 Å². The molecule has 2 saturated heterocycles. The number of hydrogen-bond donors (Lipinski definition) is 2. The van der Waals surface area contributed by atoms with Gasteiger partial charge in [-0.05, 0) is 38.9 Å². The molecule has 4 atom stereocenters. The fraction of sp³-hybridized carbons (Fsp3) is 0.244. The lowest BCUT2D eigenvalue weighted by Gasteiger charge is -2.40. The summed E-state index contributed by atoms with van der Waals surface area (Å²) in [5.74, 6) is 0.0447. The van der Waals surface area contributed by atoms with Gasteiger partial charge in [-0.1, -0.05) is 140 Å². The largest absolute Gasteiger partial charge is 0.449 e. The van der Waals surface area contributed by atoms with Crippen LogP contribution in [0.1, 0.15) is 33.7 Å². The van der Waals surface area contributed by atoms with E-state index in [1.165, 1.54) is 22.3 Å². The van der Waals surface area contributed by atoms with Crippen molar-refractivity contribution in [3.63, 3.8) is 0 Å². The quantitative estimate of drug-likeness (QED) is 0.175. The van der Waals surface area contributed by atoms with Gasteiger partial charge in [0, 0.05) is 18.4 Å². The first kappa shape index (κ1) is 29.6. The Labute approximate surface area is 275 Å². The molecule has 5 aromatic rings. The average molecular weight is 623 g/mol. The third-order valence-electron chi connectivity index (χ3n) is 10.0. The number of ether oxygens (including phenoxy) is 3. The summed E-state index contributed by atoms with van der Waals surface area (Å²) in [5, 5.41) is 7.05. The van der Waals surface area contributed by atoms with Crippen molar-refractivity contribution in [2.75, 3.05) is 26.4 Å². The molecular weight excluding hydrogens is 584 g/mol. The molecule has 3 aliphatic rings. The zero-order chi connectivity index (χ0) is 31.6. The summed E-state index contributed by atoms with van der Waals surface area (Å²) in [6.45, 7) is 1.72. The van der Waals surface area contributed by atoms with Crippen molar-refractivity contribution in [1.29, 1.82) is 0 Å². The fourth-order valence-corrected chi connectivity index (χ4v) is 7.83. The minimum atomic E-state index is -0.617. The number of alkyl carbamates (subject to hydrolysis) is 1. The molecule has 0 aromatic heterocycles. The van der Waals surface area contributed by atoms with Crippen molar-refractivity contribution < 1.29 is 19.0 Å². The Morgan fingerprint density at radius 2 is 1.13 bits per heavy atom. The van der Waals surface area contributed by atoms with Crippen LogP contribution in [0.5, 0.6) is 0 Å². The van der Waals surface area contributed by atoms with Crippen LogP contribution in [0.2, 0.25) is 0 Å². The summed E-state index contributed by atoms with van der Waals surface area (Å²) in [6.07, 6.45) is -0.708. The van der Waals surface area contributed by atoms with E-state index >= 15 is 0 Å². The summed E-state index contributed by atoms with van der Waals surface area (Å²) >= 11 is 0. The molecule has 0 unspecified atom stereocenters. The molecule has 2 fully saturated rings. The molecule has 2 heterocycles. The van der Waals surface area contributed by atoms with Crippen LogP contribution >= 0.6 is 0 Å². The van der Waals surface area contributed by atoms with Gasteiger partial charge in [0.05, 0.1) is 30.9 Å². The Bertz CT molecular complexity index is 1690. The van der Waals surface area contributed by atoms with E-state index in [2.05, 4.69) is 120 Å². The van der Waals surface area contributed by atoms with Crippen molar-refractivity contribution in [3.8, 4) is 11.1 Å². The van der Waals surface area contributed by atoms with E-state index in [1.807, 2.05) is 30.3 Å². The minimum Gasteiger partial charge on any atom is -0.449 e. The molecular formula is C41H38N2O4. The van der Waals surface area contributed by atoms with Crippen molar-refractivity contribution in [2.45, 2.75) is 29.7 Å². The molecule has 2 N–H and O–H groups in total. The van der Waals surface area contributed by atoms with Crippen molar-refractivity contribution in [3.05, 3.63) is 167 Å². The van der Waals surface area contributed by atoms with Crippen LogP contribution in [-0.2, 0) is 19.7 Å². The Morgan fingerprint density at radius 1 is 0.638 bits per heavy atom. The van der Waals surface area contributed by atoms with E-state index in [1.54, 1.807) is 0 Å². The number of amides is 1. The van der Waals surface area contributed by atoms with Crippen LogP contribution in [0.25, 0.3) is 11.1 Å². The molecule has 0 radical (unpaired) electrons. The Kier molecular flexibility index (Phi) is 8.07. The second-order valence-corrected chi connectivity index (χ2v) is 12.7. The Balaban J connectivity index is 0.954. The monoisotopic (exact) mass is 622 g/mol. The third kappa shape index (κ3) is 5.42. The summed E-state index contributed by atoms with van der Waals surface area (Å²) in [7, 11) is 0. The number of benzene rings is 5. The Hall–Kier alpha value is -4.75. The van der Waals surface area contributed by atoms with Crippen molar-refractivity contribution >= 4 is 6.09 Å². The van der Waals surface area contributed by atoms with Gasteiger partial charge in [-0.3, -0.25) is 5.32 Å². The van der Waals surface area contributed by atoms with Gasteiger partial charge in [-0.15, -0.1) is 0 Å². The standard InChI is InChI=1S/C41H38N2O4/c44-40(47-26-36-34-22-12-10-20-32(34)33-21-11-13-23-35(33)36)42-24-28-25-45-39-37(27-46-38(28)39)43-41(29-14-4-1-5-15-29,30-16-6-2-7-17-30)31-18-8-3-9-19-31/h1-23,28,36-39,43H,24-27H2,(H,42,44)/t28-,37-,38+,39+/m0/s1. The smallest absolute Gasteiger partial charge is 0.407 e. The molecule has 0 spiro atoms. The van der Waals surface area contributed by atoms with E-state index in [9.17, 15) is 4.79 Å². The highest BCUT2D eigenvalue weighted by atomic mass is 16.6. The van der Waals surface area contributed by atoms with Gasteiger partial charge in [0.15, 0.2) is 0 Å². The number of carbonyl (C=O) groups excluding carboxylic acids is 1. The van der Waals surface area contributed by atoms with Crippen LogP contribution < -0.4 is 10.6 Å². The van der Waals surface area contributed by atoms with Crippen molar-refractivity contribution in [1.82, 2.24) is 10.6 Å². The molecule has 8 rings (SSSR count). The van der Waals surface area contributed by atoms with E-state index in [-0.39, 0.29) is 36.7 Å². The Morgan fingerprint density at radius 3 is 1.68 bits per heavy atom. The third-order valence-corrected chi connectivity index (χ3v) is 10.0. The van der Waals surface area contributed by atoms with Gasteiger partial charge in [-0.25, -0.2) is 4.79 Å². The zero-order valence-corrected chi connectivity index (χ0v) is 26.1. The molecule has 6 nitrogen and oxygen atoms in total. The van der Waals surface area contributed by atoms with Crippen LogP contribution in [0.15, 0.2) is 140 Å². The van der Waals surface area contributed by atoms with E-state index in [0.29, 0.717) is 19.8 Å². The van der Waals surface area contributed by atoms with Crippen molar-refractivity contribution in [2.24, 2.45) is 5.92 Å². The maximum atomic E-state index is 13.0. The summed E-state index contributed by atoms with van der Waals surface area (Å²) < 4.78 is 18.7. The fourth-order valence-electron chi connectivity index (χ4n) is 7.83. The van der Waals surface area contributed by atoms with E-state index < -0.39 is 11.6 Å². The lowest BCUT2D eigenvalue weighted by Crippen LogP contribution is -2.54. The van der Waals surface area contributed by atoms with Gasteiger partial charge >= 0.3 is 6.09 Å². The molecule has 2 aliphatic heterocycles. The first-order chi connectivity index (χ1) is 23.2. The predicted molar refractivity (Wildman–Crippen MR) is 182 cm³/mol. The minimum absolute atomic E-state index is 0.0202. The predicted octanol–water partition coefficient (Wildman–Crippen LogP) is 6.89. The SMILES string of the molecule is O=C(NC[C@H]1CO[C@H]2[C@@H]1OC[C@@H]2NC(c1ccccc1)(c1ccccc1)c1ccccc1)OCC1c2ccccc2-c2ccccc21. The molecule has 0 bridgehead atoms. The topological polar surface area (TPSA) is 68.8 Å². The van der Waals surface area contributed by atoms with Gasteiger partial charge in [0.2, 0.25) is 0 Å². The summed E-state index contributed by atoms with van der Waals surface area (Å²) in [6, 6.07) is 48.4. The van der Waals surface area contributed by atoms with Gasteiger partial charge in [0.25, 0.3) is 0 Å². The first-order valence-electron chi connectivity index (χ1n) is 16.5. The first-order valence-corrected chi connectivity index (χ1v) is 16.5. The number of nitrogens with one attached hydrogen (secondary N) is 2. The van der Waals surface area contributed by atoms with Gasteiger partial charge in [-0.2, -0.15) is 0 Å².